The van der Waals surface area contributed by atoms with E-state index < -0.39 is 17.5 Å². The molecule has 6 heteroatoms. The minimum atomic E-state index is -0.992. The van der Waals surface area contributed by atoms with Gasteiger partial charge in [0.1, 0.15) is 0 Å². The van der Waals surface area contributed by atoms with E-state index in [-0.39, 0.29) is 13.1 Å². The molecule has 1 rings (SSSR count). The standard InChI is InChI=1S/C8H14N2O4/c1-14-7(13)10-3-2-8(4-9,5-10)6(11)12/h2-5,9H2,1H3,(H,11,12). The van der Waals surface area contributed by atoms with Gasteiger partial charge < -0.3 is 20.5 Å². The Kier molecular flexibility index (Phi) is 2.95. The summed E-state index contributed by atoms with van der Waals surface area (Å²) in [7, 11) is 1.27. The molecule has 1 fully saturated rings. The van der Waals surface area contributed by atoms with E-state index in [2.05, 4.69) is 4.74 Å². The summed E-state index contributed by atoms with van der Waals surface area (Å²) in [6, 6.07) is 0. The Morgan fingerprint density at radius 1 is 1.64 bits per heavy atom. The molecule has 1 atom stereocenters. The van der Waals surface area contributed by atoms with E-state index in [0.717, 1.165) is 0 Å². The molecule has 0 spiro atoms. The second-order valence-electron chi connectivity index (χ2n) is 3.43. The number of ether oxygens (including phenoxy) is 1. The quantitative estimate of drug-likeness (QED) is 0.629. The number of nitrogens with two attached hydrogens (primary N) is 1. The molecule has 0 bridgehead atoms. The first-order chi connectivity index (χ1) is 6.55. The molecule has 0 aliphatic carbocycles. The Balaban J connectivity index is 2.71. The summed E-state index contributed by atoms with van der Waals surface area (Å²) in [4.78, 5) is 23.4. The molecule has 14 heavy (non-hydrogen) atoms. The highest BCUT2D eigenvalue weighted by Gasteiger charge is 2.45. The van der Waals surface area contributed by atoms with Crippen LogP contribution < -0.4 is 5.73 Å². The van der Waals surface area contributed by atoms with Crippen molar-refractivity contribution in [3.63, 3.8) is 0 Å². The summed E-state index contributed by atoms with van der Waals surface area (Å²) in [6.45, 7) is 0.553. The number of methoxy groups -OCH3 is 1. The SMILES string of the molecule is COC(=O)N1CCC(CN)(C(=O)O)C1. The van der Waals surface area contributed by atoms with Crippen molar-refractivity contribution in [2.45, 2.75) is 6.42 Å². The van der Waals surface area contributed by atoms with E-state index in [4.69, 9.17) is 10.8 Å². The van der Waals surface area contributed by atoms with Gasteiger partial charge in [-0.1, -0.05) is 0 Å². The fraction of sp³-hybridized carbons (Fsp3) is 0.750. The van der Waals surface area contributed by atoms with E-state index >= 15 is 0 Å². The third-order valence-corrected chi connectivity index (χ3v) is 2.63. The second-order valence-corrected chi connectivity index (χ2v) is 3.43. The molecule has 0 aromatic carbocycles. The van der Waals surface area contributed by atoms with Gasteiger partial charge in [-0.25, -0.2) is 4.79 Å². The van der Waals surface area contributed by atoms with Crippen molar-refractivity contribution in [1.29, 1.82) is 0 Å². The molecule has 0 aromatic rings. The Hall–Kier alpha value is -1.30. The van der Waals surface area contributed by atoms with Crippen LogP contribution in [0.15, 0.2) is 0 Å². The topological polar surface area (TPSA) is 92.9 Å². The van der Waals surface area contributed by atoms with Gasteiger partial charge in [-0.2, -0.15) is 0 Å². The Morgan fingerprint density at radius 3 is 2.64 bits per heavy atom. The summed E-state index contributed by atoms with van der Waals surface area (Å²) in [5, 5.41) is 8.98. The van der Waals surface area contributed by atoms with Crippen LogP contribution in [0.25, 0.3) is 0 Å². The average molecular weight is 202 g/mol. The van der Waals surface area contributed by atoms with Crippen molar-refractivity contribution >= 4 is 12.1 Å². The largest absolute Gasteiger partial charge is 0.481 e. The zero-order chi connectivity index (χ0) is 10.8. The van der Waals surface area contributed by atoms with Gasteiger partial charge in [0.2, 0.25) is 0 Å². The highest BCUT2D eigenvalue weighted by molar-refractivity contribution is 5.78. The van der Waals surface area contributed by atoms with Crippen LogP contribution in [-0.4, -0.2) is 48.8 Å². The first-order valence-electron chi connectivity index (χ1n) is 4.32. The molecule has 80 valence electrons. The van der Waals surface area contributed by atoms with E-state index in [0.29, 0.717) is 13.0 Å². The van der Waals surface area contributed by atoms with Crippen molar-refractivity contribution in [1.82, 2.24) is 4.90 Å². The first kappa shape index (κ1) is 10.8. The number of nitrogens with zero attached hydrogens (tertiary/aromatic N) is 1. The van der Waals surface area contributed by atoms with E-state index in [1.165, 1.54) is 12.0 Å². The van der Waals surface area contributed by atoms with Gasteiger partial charge in [0.15, 0.2) is 0 Å². The number of carboxylic acids is 1. The number of likely N-dealkylation sites (tertiary alicyclic amines) is 1. The molecule has 1 aliphatic heterocycles. The van der Waals surface area contributed by atoms with Gasteiger partial charge >= 0.3 is 12.1 Å². The van der Waals surface area contributed by atoms with Crippen LogP contribution in [-0.2, 0) is 9.53 Å². The number of aliphatic carboxylic acids is 1. The third kappa shape index (κ3) is 1.65. The maximum Gasteiger partial charge on any atom is 0.409 e. The fourth-order valence-electron chi connectivity index (χ4n) is 1.59. The fourth-order valence-corrected chi connectivity index (χ4v) is 1.59. The summed E-state index contributed by atoms with van der Waals surface area (Å²) in [6.07, 6.45) is -0.116. The van der Waals surface area contributed by atoms with Crippen molar-refractivity contribution in [3.8, 4) is 0 Å². The third-order valence-electron chi connectivity index (χ3n) is 2.63. The number of rotatable bonds is 2. The smallest absolute Gasteiger partial charge is 0.409 e. The lowest BCUT2D eigenvalue weighted by atomic mass is 9.88. The molecular weight excluding hydrogens is 188 g/mol. The minimum absolute atomic E-state index is 0.0375. The number of carbonyl (C=O) groups excluding carboxylic acids is 1. The van der Waals surface area contributed by atoms with Gasteiger partial charge in [-0.15, -0.1) is 0 Å². The molecule has 3 N–H and O–H groups in total. The number of amides is 1. The second kappa shape index (κ2) is 3.83. The van der Waals surface area contributed by atoms with Crippen LogP contribution in [0.5, 0.6) is 0 Å². The van der Waals surface area contributed by atoms with Crippen LogP contribution >= 0.6 is 0 Å². The van der Waals surface area contributed by atoms with Crippen molar-refractivity contribution in [3.05, 3.63) is 0 Å². The number of carboxylic acid groups (broad SMARTS) is 1. The molecule has 6 nitrogen and oxygen atoms in total. The van der Waals surface area contributed by atoms with Crippen molar-refractivity contribution in [2.75, 3.05) is 26.7 Å². The highest BCUT2D eigenvalue weighted by atomic mass is 16.5. The maximum absolute atomic E-state index is 11.1. The first-order valence-corrected chi connectivity index (χ1v) is 4.32. The molecule has 1 unspecified atom stereocenters. The van der Waals surface area contributed by atoms with Crippen LogP contribution in [0.2, 0.25) is 0 Å². The van der Waals surface area contributed by atoms with Gasteiger partial charge in [-0.3, -0.25) is 4.79 Å². The van der Waals surface area contributed by atoms with Gasteiger partial charge in [0.25, 0.3) is 0 Å². The summed E-state index contributed by atoms with van der Waals surface area (Å²) < 4.78 is 4.50. The van der Waals surface area contributed by atoms with Crippen LogP contribution in [0, 0.1) is 5.41 Å². The lowest BCUT2D eigenvalue weighted by Crippen LogP contribution is -2.42. The average Bonchev–Trinajstić information content (AvgIpc) is 2.62. The Labute approximate surface area is 81.6 Å². The number of hydrogen-bond donors (Lipinski definition) is 2. The molecule has 1 aliphatic rings. The van der Waals surface area contributed by atoms with Crippen LogP contribution in [0.4, 0.5) is 4.79 Å². The predicted octanol–water partition coefficient (Wildman–Crippen LogP) is -0.512. The van der Waals surface area contributed by atoms with E-state index in [1.807, 2.05) is 0 Å². The zero-order valence-electron chi connectivity index (χ0n) is 8.02. The van der Waals surface area contributed by atoms with E-state index in [1.54, 1.807) is 0 Å². The summed E-state index contributed by atoms with van der Waals surface area (Å²) in [5.41, 5.74) is 4.42. The van der Waals surface area contributed by atoms with E-state index in [9.17, 15) is 9.59 Å². The maximum atomic E-state index is 11.1. The number of hydrogen-bond acceptors (Lipinski definition) is 4. The van der Waals surface area contributed by atoms with Gasteiger partial charge in [0, 0.05) is 19.6 Å². The van der Waals surface area contributed by atoms with Gasteiger partial charge in [0.05, 0.1) is 12.5 Å². The number of carbonyl (C=O) groups is 2. The molecule has 0 saturated carbocycles. The molecule has 1 heterocycles. The van der Waals surface area contributed by atoms with Crippen LogP contribution in [0.3, 0.4) is 0 Å². The normalized spacial score (nSPS) is 26.3. The summed E-state index contributed by atoms with van der Waals surface area (Å²) >= 11 is 0. The molecular formula is C8H14N2O4. The zero-order valence-corrected chi connectivity index (χ0v) is 8.02. The monoisotopic (exact) mass is 202 g/mol. The van der Waals surface area contributed by atoms with Crippen LogP contribution in [0.1, 0.15) is 6.42 Å². The van der Waals surface area contributed by atoms with Crippen molar-refractivity contribution < 1.29 is 19.4 Å². The summed E-state index contributed by atoms with van der Waals surface area (Å²) in [5.74, 6) is -0.952. The Bertz CT molecular complexity index is 256. The molecule has 0 aromatic heterocycles. The van der Waals surface area contributed by atoms with Crippen molar-refractivity contribution in [2.24, 2.45) is 11.1 Å². The molecule has 1 saturated heterocycles. The molecule has 0 radical (unpaired) electrons. The molecule has 1 amide bonds. The van der Waals surface area contributed by atoms with Gasteiger partial charge in [-0.05, 0) is 6.42 Å². The minimum Gasteiger partial charge on any atom is -0.481 e. The predicted molar refractivity (Wildman–Crippen MR) is 47.7 cm³/mol. The highest BCUT2D eigenvalue weighted by Crippen LogP contribution is 2.29. The lowest BCUT2D eigenvalue weighted by molar-refractivity contribution is -0.147. The lowest BCUT2D eigenvalue weighted by Gasteiger charge is -2.21. The Morgan fingerprint density at radius 2 is 2.29 bits per heavy atom.